The molecule has 0 heterocycles. The highest BCUT2D eigenvalue weighted by Crippen LogP contribution is 2.35. The number of rotatable bonds is 7. The summed E-state index contributed by atoms with van der Waals surface area (Å²) in [6.07, 6.45) is 1.27. The maximum Gasteiger partial charge on any atom is 0.115 e. The van der Waals surface area contributed by atoms with Gasteiger partial charge in [0.25, 0.3) is 0 Å². The van der Waals surface area contributed by atoms with Crippen molar-refractivity contribution in [1.29, 1.82) is 0 Å². The number of hydrogen-bond acceptors (Lipinski definition) is 4. The number of benzene rings is 3. The SMILES string of the molecule is OCCc1ccc(N(c2ccc(O)cc2)c2ccc(CCO)cc2)cc1. The second kappa shape index (κ2) is 8.52. The number of anilines is 3. The molecule has 0 aliphatic carbocycles. The minimum atomic E-state index is 0.132. The summed E-state index contributed by atoms with van der Waals surface area (Å²) >= 11 is 0. The van der Waals surface area contributed by atoms with Gasteiger partial charge in [-0.25, -0.2) is 0 Å². The van der Waals surface area contributed by atoms with Crippen molar-refractivity contribution in [2.45, 2.75) is 12.8 Å². The highest BCUT2D eigenvalue weighted by Gasteiger charge is 2.12. The predicted octanol–water partition coefficient (Wildman–Crippen LogP) is 3.93. The van der Waals surface area contributed by atoms with Crippen LogP contribution in [0.15, 0.2) is 72.8 Å². The van der Waals surface area contributed by atoms with Crippen molar-refractivity contribution >= 4 is 17.1 Å². The fourth-order valence-corrected chi connectivity index (χ4v) is 2.93. The largest absolute Gasteiger partial charge is 0.508 e. The summed E-state index contributed by atoms with van der Waals surface area (Å²) in [6.45, 7) is 0.265. The minimum Gasteiger partial charge on any atom is -0.508 e. The van der Waals surface area contributed by atoms with E-state index in [1.807, 2.05) is 60.7 Å². The molecular weight excluding hydrogens is 326 g/mol. The fraction of sp³-hybridized carbons (Fsp3) is 0.182. The van der Waals surface area contributed by atoms with Crippen molar-refractivity contribution in [2.75, 3.05) is 18.1 Å². The Morgan fingerprint density at radius 3 is 1.23 bits per heavy atom. The lowest BCUT2D eigenvalue weighted by atomic mass is 10.1. The lowest BCUT2D eigenvalue weighted by molar-refractivity contribution is 0.299. The third-order valence-corrected chi connectivity index (χ3v) is 4.30. The van der Waals surface area contributed by atoms with E-state index >= 15 is 0 Å². The van der Waals surface area contributed by atoms with E-state index in [9.17, 15) is 5.11 Å². The average Bonchev–Trinajstić information content (AvgIpc) is 2.67. The van der Waals surface area contributed by atoms with Crippen LogP contribution in [0, 0.1) is 0 Å². The summed E-state index contributed by atoms with van der Waals surface area (Å²) in [5.74, 6) is 0.227. The molecule has 0 spiro atoms. The van der Waals surface area contributed by atoms with Crippen molar-refractivity contribution in [3.8, 4) is 5.75 Å². The Kier molecular flexibility index (Phi) is 5.89. The third kappa shape index (κ3) is 4.23. The standard InChI is InChI=1S/C22H23NO3/c24-15-13-17-1-5-19(6-2-17)23(21-9-11-22(26)12-10-21)20-7-3-18(4-8-20)14-16-25/h1-12,24-26H,13-16H2. The van der Waals surface area contributed by atoms with Crippen molar-refractivity contribution < 1.29 is 15.3 Å². The van der Waals surface area contributed by atoms with Gasteiger partial charge in [0.15, 0.2) is 0 Å². The highest BCUT2D eigenvalue weighted by molar-refractivity contribution is 5.76. The van der Waals surface area contributed by atoms with Gasteiger partial charge in [-0.05, 0) is 72.5 Å². The summed E-state index contributed by atoms with van der Waals surface area (Å²) < 4.78 is 0. The van der Waals surface area contributed by atoms with Crippen LogP contribution in [0.3, 0.4) is 0 Å². The maximum absolute atomic E-state index is 9.60. The molecule has 0 atom stereocenters. The molecule has 0 saturated carbocycles. The molecule has 0 aliphatic heterocycles. The Balaban J connectivity index is 1.99. The van der Waals surface area contributed by atoms with Crippen molar-refractivity contribution in [2.24, 2.45) is 0 Å². The summed E-state index contributed by atoms with van der Waals surface area (Å²) in [5.41, 5.74) is 5.09. The second-order valence-corrected chi connectivity index (χ2v) is 6.13. The van der Waals surface area contributed by atoms with Crippen LogP contribution in [0.2, 0.25) is 0 Å². The zero-order chi connectivity index (χ0) is 18.4. The van der Waals surface area contributed by atoms with Gasteiger partial charge >= 0.3 is 0 Å². The smallest absolute Gasteiger partial charge is 0.115 e. The molecule has 4 nitrogen and oxygen atoms in total. The Morgan fingerprint density at radius 1 is 0.538 bits per heavy atom. The molecular formula is C22H23NO3. The molecule has 26 heavy (non-hydrogen) atoms. The number of nitrogens with zero attached hydrogens (tertiary/aromatic N) is 1. The fourth-order valence-electron chi connectivity index (χ4n) is 2.93. The van der Waals surface area contributed by atoms with Crippen LogP contribution in [0.5, 0.6) is 5.75 Å². The minimum absolute atomic E-state index is 0.132. The Hall–Kier alpha value is -2.82. The number of hydrogen-bond donors (Lipinski definition) is 3. The van der Waals surface area contributed by atoms with E-state index in [4.69, 9.17) is 10.2 Å². The molecule has 0 aliphatic rings. The highest BCUT2D eigenvalue weighted by atomic mass is 16.3. The number of aliphatic hydroxyl groups excluding tert-OH is 2. The summed E-state index contributed by atoms with van der Waals surface area (Å²) in [6, 6.07) is 23.2. The zero-order valence-electron chi connectivity index (χ0n) is 14.5. The number of aliphatic hydroxyl groups is 2. The monoisotopic (exact) mass is 349 g/mol. The predicted molar refractivity (Wildman–Crippen MR) is 104 cm³/mol. The first-order chi connectivity index (χ1) is 12.7. The first kappa shape index (κ1) is 18.0. The lowest BCUT2D eigenvalue weighted by Crippen LogP contribution is -2.10. The van der Waals surface area contributed by atoms with E-state index < -0.39 is 0 Å². The van der Waals surface area contributed by atoms with E-state index in [0.29, 0.717) is 12.8 Å². The van der Waals surface area contributed by atoms with Gasteiger partial charge in [-0.1, -0.05) is 24.3 Å². The van der Waals surface area contributed by atoms with Gasteiger partial charge in [0.1, 0.15) is 5.75 Å². The lowest BCUT2D eigenvalue weighted by Gasteiger charge is -2.26. The third-order valence-electron chi connectivity index (χ3n) is 4.30. The Bertz CT molecular complexity index is 762. The molecule has 3 aromatic carbocycles. The second-order valence-electron chi connectivity index (χ2n) is 6.13. The van der Waals surface area contributed by atoms with Gasteiger partial charge < -0.3 is 20.2 Å². The van der Waals surface area contributed by atoms with E-state index in [-0.39, 0.29) is 19.0 Å². The summed E-state index contributed by atoms with van der Waals surface area (Å²) in [5, 5.41) is 27.8. The van der Waals surface area contributed by atoms with Crippen LogP contribution in [-0.2, 0) is 12.8 Å². The van der Waals surface area contributed by atoms with Crippen molar-refractivity contribution in [1.82, 2.24) is 0 Å². The Labute approximate surface area is 153 Å². The molecule has 4 heteroatoms. The van der Waals surface area contributed by atoms with Crippen LogP contribution in [-0.4, -0.2) is 28.5 Å². The van der Waals surface area contributed by atoms with E-state index in [0.717, 1.165) is 28.2 Å². The molecule has 0 fully saturated rings. The summed E-state index contributed by atoms with van der Waals surface area (Å²) in [4.78, 5) is 2.10. The zero-order valence-corrected chi connectivity index (χ0v) is 14.5. The van der Waals surface area contributed by atoms with Gasteiger partial charge in [-0.2, -0.15) is 0 Å². The van der Waals surface area contributed by atoms with Gasteiger partial charge in [0.05, 0.1) is 0 Å². The first-order valence-corrected chi connectivity index (χ1v) is 8.70. The normalized spacial score (nSPS) is 10.7. The van der Waals surface area contributed by atoms with E-state index in [1.165, 1.54) is 0 Å². The number of phenolic OH excluding ortho intramolecular Hbond substituents is 1. The van der Waals surface area contributed by atoms with E-state index in [1.54, 1.807) is 12.1 Å². The molecule has 0 saturated heterocycles. The molecule has 0 aromatic heterocycles. The molecule has 134 valence electrons. The molecule has 3 rings (SSSR count). The molecule has 0 unspecified atom stereocenters. The van der Waals surface area contributed by atoms with Gasteiger partial charge in [-0.15, -0.1) is 0 Å². The van der Waals surface area contributed by atoms with Crippen molar-refractivity contribution in [3.05, 3.63) is 83.9 Å². The molecule has 3 aromatic rings. The van der Waals surface area contributed by atoms with Crippen LogP contribution in [0.25, 0.3) is 0 Å². The van der Waals surface area contributed by atoms with Crippen molar-refractivity contribution in [3.63, 3.8) is 0 Å². The summed E-state index contributed by atoms with van der Waals surface area (Å²) in [7, 11) is 0. The van der Waals surface area contributed by atoms with E-state index in [2.05, 4.69) is 4.90 Å². The first-order valence-electron chi connectivity index (χ1n) is 8.70. The molecule has 0 amide bonds. The van der Waals surface area contributed by atoms with Gasteiger partial charge in [0, 0.05) is 30.3 Å². The molecule has 0 bridgehead atoms. The molecule has 3 N–H and O–H groups in total. The van der Waals surface area contributed by atoms with Crippen LogP contribution in [0.1, 0.15) is 11.1 Å². The number of phenols is 1. The van der Waals surface area contributed by atoms with Crippen LogP contribution >= 0.6 is 0 Å². The quantitative estimate of drug-likeness (QED) is 0.605. The van der Waals surface area contributed by atoms with Gasteiger partial charge in [0.2, 0.25) is 0 Å². The topological polar surface area (TPSA) is 63.9 Å². The van der Waals surface area contributed by atoms with Crippen LogP contribution in [0.4, 0.5) is 17.1 Å². The average molecular weight is 349 g/mol. The van der Waals surface area contributed by atoms with Crippen LogP contribution < -0.4 is 4.90 Å². The van der Waals surface area contributed by atoms with Gasteiger partial charge in [-0.3, -0.25) is 0 Å². The Morgan fingerprint density at radius 2 is 0.885 bits per heavy atom. The molecule has 0 radical (unpaired) electrons. The number of aromatic hydroxyl groups is 1. The maximum atomic E-state index is 9.60.